The van der Waals surface area contributed by atoms with Crippen LogP contribution in [-0.4, -0.2) is 26.0 Å². The molecule has 1 aromatic carbocycles. The third-order valence-corrected chi connectivity index (χ3v) is 6.00. The molecule has 7 heteroatoms. The van der Waals surface area contributed by atoms with Gasteiger partial charge in [-0.05, 0) is 37.3 Å². The van der Waals surface area contributed by atoms with Gasteiger partial charge in [-0.15, -0.1) is 0 Å². The van der Waals surface area contributed by atoms with Crippen LogP contribution in [0.3, 0.4) is 0 Å². The number of hydrogen-bond donors (Lipinski definition) is 1. The fraction of sp³-hybridized carbons (Fsp3) is 0.269. The summed E-state index contributed by atoms with van der Waals surface area (Å²) in [6.07, 6.45) is 6.89. The topological polar surface area (TPSA) is 93.8 Å². The third kappa shape index (κ3) is 4.39. The van der Waals surface area contributed by atoms with Crippen LogP contribution in [0, 0.1) is 12.3 Å². The molecule has 3 aromatic heterocycles. The predicted octanol–water partition coefficient (Wildman–Crippen LogP) is 4.95. The number of nitrogens with one attached hydrogen (secondary N) is 1. The van der Waals surface area contributed by atoms with Crippen LogP contribution >= 0.6 is 0 Å². The molecular formula is C26H25N5O2. The number of carbonyl (C=O) groups is 1. The van der Waals surface area contributed by atoms with Crippen molar-refractivity contribution in [3.8, 4) is 22.7 Å². The number of aromatic nitrogens is 4. The molecule has 5 rings (SSSR count). The van der Waals surface area contributed by atoms with Gasteiger partial charge >= 0.3 is 0 Å². The van der Waals surface area contributed by atoms with Crippen LogP contribution < -0.4 is 5.32 Å². The highest BCUT2D eigenvalue weighted by Gasteiger charge is 2.35. The summed E-state index contributed by atoms with van der Waals surface area (Å²) in [5.41, 5.74) is 5.10. The highest BCUT2D eigenvalue weighted by molar-refractivity contribution is 5.93. The molecule has 0 radical (unpaired) electrons. The Bertz CT molecular complexity index is 1300. The van der Waals surface area contributed by atoms with Crippen LogP contribution in [0.5, 0.6) is 0 Å². The molecule has 1 aliphatic carbocycles. The van der Waals surface area contributed by atoms with Gasteiger partial charge in [-0.25, -0.2) is 9.97 Å². The number of rotatable bonds is 4. The summed E-state index contributed by atoms with van der Waals surface area (Å²) in [5.74, 6) is 0.956. The van der Waals surface area contributed by atoms with Gasteiger partial charge in [0, 0.05) is 41.3 Å². The lowest BCUT2D eigenvalue weighted by molar-refractivity contribution is 0.0910. The average molecular weight is 440 g/mol. The summed E-state index contributed by atoms with van der Waals surface area (Å²) in [6.45, 7) is 6.40. The fourth-order valence-electron chi connectivity index (χ4n) is 4.28. The van der Waals surface area contributed by atoms with Crippen molar-refractivity contribution in [1.29, 1.82) is 0 Å². The average Bonchev–Trinajstić information content (AvgIpc) is 3.29. The molecule has 166 valence electrons. The molecule has 7 nitrogen and oxygen atoms in total. The molecule has 0 saturated carbocycles. The van der Waals surface area contributed by atoms with Crippen molar-refractivity contribution in [2.24, 2.45) is 5.41 Å². The predicted molar refractivity (Wildman–Crippen MR) is 124 cm³/mol. The van der Waals surface area contributed by atoms with E-state index in [2.05, 4.69) is 34.3 Å². The van der Waals surface area contributed by atoms with Gasteiger partial charge in [0.05, 0.1) is 11.7 Å². The van der Waals surface area contributed by atoms with E-state index in [1.165, 1.54) is 0 Å². The van der Waals surface area contributed by atoms with Gasteiger partial charge in [-0.1, -0.05) is 48.8 Å². The van der Waals surface area contributed by atoms with E-state index in [1.807, 2.05) is 49.5 Å². The molecule has 1 N–H and O–H groups in total. The lowest BCUT2D eigenvalue weighted by atomic mass is 9.74. The van der Waals surface area contributed by atoms with Crippen LogP contribution in [0.1, 0.15) is 53.6 Å². The Morgan fingerprint density at radius 2 is 1.85 bits per heavy atom. The molecule has 1 aliphatic rings. The van der Waals surface area contributed by atoms with Crippen molar-refractivity contribution < 1.29 is 9.32 Å². The first kappa shape index (κ1) is 21.0. The first-order valence-corrected chi connectivity index (χ1v) is 11.0. The number of pyridine rings is 1. The third-order valence-electron chi connectivity index (χ3n) is 6.00. The number of fused-ring (bicyclic) bond motifs is 1. The van der Waals surface area contributed by atoms with Gasteiger partial charge in [0.25, 0.3) is 5.91 Å². The number of carbonyl (C=O) groups excluding carboxylic acids is 1. The van der Waals surface area contributed by atoms with Gasteiger partial charge in [0.2, 0.25) is 0 Å². The zero-order valence-corrected chi connectivity index (χ0v) is 18.9. The van der Waals surface area contributed by atoms with E-state index in [4.69, 9.17) is 9.51 Å². The number of hydrogen-bond acceptors (Lipinski definition) is 6. The standard InChI is InChI=1S/C26H25N5O2/c1-16-4-6-17(7-5-16)23-12-20(31-33-23)25(32)30-22-14-26(2,3)13-21-19(22)15-28-24(29-21)18-8-10-27-11-9-18/h4-12,15,22H,13-14H2,1-3H3,(H,30,32)/t22-/m0/s1. The van der Waals surface area contributed by atoms with Gasteiger partial charge in [0.1, 0.15) is 0 Å². The Labute approximate surface area is 192 Å². The minimum atomic E-state index is -0.274. The lowest BCUT2D eigenvalue weighted by Crippen LogP contribution is -2.37. The summed E-state index contributed by atoms with van der Waals surface area (Å²) in [6, 6.07) is 13.2. The second kappa shape index (κ2) is 8.24. The van der Waals surface area contributed by atoms with Gasteiger partial charge in [-0.2, -0.15) is 0 Å². The molecule has 4 aromatic rings. The van der Waals surface area contributed by atoms with Crippen LogP contribution in [0.4, 0.5) is 0 Å². The number of benzene rings is 1. The minimum Gasteiger partial charge on any atom is -0.355 e. The molecule has 0 aliphatic heterocycles. The van der Waals surface area contributed by atoms with Crippen LogP contribution in [-0.2, 0) is 6.42 Å². The van der Waals surface area contributed by atoms with Crippen molar-refractivity contribution in [1.82, 2.24) is 25.4 Å². The van der Waals surface area contributed by atoms with E-state index in [0.29, 0.717) is 11.6 Å². The SMILES string of the molecule is Cc1ccc(-c2cc(C(=O)N[C@H]3CC(C)(C)Cc4nc(-c5ccncc5)ncc43)no2)cc1. The smallest absolute Gasteiger partial charge is 0.273 e. The Kier molecular flexibility index (Phi) is 5.24. The normalized spacial score (nSPS) is 16.8. The fourth-order valence-corrected chi connectivity index (χ4v) is 4.28. The van der Waals surface area contributed by atoms with Gasteiger partial charge < -0.3 is 9.84 Å². The zero-order chi connectivity index (χ0) is 23.0. The second-order valence-corrected chi connectivity index (χ2v) is 9.35. The molecule has 1 amide bonds. The van der Waals surface area contributed by atoms with E-state index in [0.717, 1.165) is 40.8 Å². The maximum absolute atomic E-state index is 13.0. The summed E-state index contributed by atoms with van der Waals surface area (Å²) >= 11 is 0. The summed E-state index contributed by atoms with van der Waals surface area (Å²) in [4.78, 5) is 26.5. The maximum atomic E-state index is 13.0. The van der Waals surface area contributed by atoms with E-state index < -0.39 is 0 Å². The largest absolute Gasteiger partial charge is 0.355 e. The molecule has 1 atom stereocenters. The van der Waals surface area contributed by atoms with Crippen LogP contribution in [0.25, 0.3) is 22.7 Å². The quantitative estimate of drug-likeness (QED) is 0.484. The summed E-state index contributed by atoms with van der Waals surface area (Å²) in [7, 11) is 0. The highest BCUT2D eigenvalue weighted by Crippen LogP contribution is 2.40. The lowest BCUT2D eigenvalue weighted by Gasteiger charge is -2.36. The molecule has 0 unspecified atom stereocenters. The Morgan fingerprint density at radius 3 is 2.61 bits per heavy atom. The van der Waals surface area contributed by atoms with Crippen molar-refractivity contribution >= 4 is 5.91 Å². The minimum absolute atomic E-state index is 0.0221. The molecule has 3 heterocycles. The first-order chi connectivity index (χ1) is 15.9. The van der Waals surface area contributed by atoms with Crippen molar-refractivity contribution in [2.45, 2.75) is 39.7 Å². The Morgan fingerprint density at radius 1 is 1.09 bits per heavy atom. The maximum Gasteiger partial charge on any atom is 0.273 e. The summed E-state index contributed by atoms with van der Waals surface area (Å²) < 4.78 is 5.44. The van der Waals surface area contributed by atoms with Crippen molar-refractivity contribution in [3.63, 3.8) is 0 Å². The zero-order valence-electron chi connectivity index (χ0n) is 18.9. The first-order valence-electron chi connectivity index (χ1n) is 11.0. The molecule has 0 fully saturated rings. The molecule has 0 bridgehead atoms. The van der Waals surface area contributed by atoms with Crippen LogP contribution in [0.15, 0.2) is 65.6 Å². The van der Waals surface area contributed by atoms with E-state index in [9.17, 15) is 4.79 Å². The molecule has 33 heavy (non-hydrogen) atoms. The Hall–Kier alpha value is -3.87. The number of nitrogens with zero attached hydrogens (tertiary/aromatic N) is 4. The highest BCUT2D eigenvalue weighted by atomic mass is 16.5. The molecule has 0 saturated heterocycles. The number of aryl methyl sites for hydroxylation is 1. The molecule has 0 spiro atoms. The van der Waals surface area contributed by atoms with E-state index in [1.54, 1.807) is 18.5 Å². The van der Waals surface area contributed by atoms with Crippen molar-refractivity contribution in [3.05, 3.63) is 83.6 Å². The summed E-state index contributed by atoms with van der Waals surface area (Å²) in [5, 5.41) is 7.13. The van der Waals surface area contributed by atoms with E-state index >= 15 is 0 Å². The van der Waals surface area contributed by atoms with Crippen LogP contribution in [0.2, 0.25) is 0 Å². The number of amides is 1. The Balaban J connectivity index is 1.40. The monoisotopic (exact) mass is 439 g/mol. The second-order valence-electron chi connectivity index (χ2n) is 9.35. The van der Waals surface area contributed by atoms with Gasteiger partial charge in [-0.3, -0.25) is 9.78 Å². The van der Waals surface area contributed by atoms with Gasteiger partial charge in [0.15, 0.2) is 17.3 Å². The van der Waals surface area contributed by atoms with E-state index in [-0.39, 0.29) is 23.1 Å². The molecular weight excluding hydrogens is 414 g/mol. The van der Waals surface area contributed by atoms with Crippen molar-refractivity contribution in [2.75, 3.05) is 0 Å².